The molecule has 0 aliphatic heterocycles. The first-order valence-corrected chi connectivity index (χ1v) is 5.72. The number of carbonyl (C=O) groups is 1. The number of nitrogens with one attached hydrogen (secondary N) is 1. The summed E-state index contributed by atoms with van der Waals surface area (Å²) in [6, 6.07) is 7.35. The Morgan fingerprint density at radius 2 is 2.12 bits per heavy atom. The minimum absolute atomic E-state index is 0.0755. The lowest BCUT2D eigenvalue weighted by Crippen LogP contribution is -2.12. The van der Waals surface area contributed by atoms with Crippen LogP contribution in [0, 0.1) is 0 Å². The van der Waals surface area contributed by atoms with Gasteiger partial charge in [0.15, 0.2) is 0 Å². The molecule has 6 heteroatoms. The zero-order valence-corrected chi connectivity index (χ0v) is 9.89. The van der Waals surface area contributed by atoms with E-state index in [1.807, 2.05) is 24.3 Å². The van der Waals surface area contributed by atoms with E-state index in [4.69, 9.17) is 0 Å². The summed E-state index contributed by atoms with van der Waals surface area (Å²) in [6.45, 7) is 0. The third-order valence-electron chi connectivity index (χ3n) is 1.96. The van der Waals surface area contributed by atoms with Crippen molar-refractivity contribution in [2.75, 3.05) is 10.6 Å². The summed E-state index contributed by atoms with van der Waals surface area (Å²) < 4.78 is 1.65. The van der Waals surface area contributed by atoms with E-state index < -0.39 is 0 Å². The Bertz CT molecular complexity index is 466. The lowest BCUT2D eigenvalue weighted by molar-refractivity contribution is -0.113. The van der Waals surface area contributed by atoms with Gasteiger partial charge in [0.2, 0.25) is 5.91 Å². The van der Waals surface area contributed by atoms with Gasteiger partial charge in [-0.1, -0.05) is 15.9 Å². The number of alkyl halides is 1. The number of halogens is 1. The molecule has 1 heterocycles. The fraction of sp³-hybridized carbons (Fsp3) is 0.100. The zero-order valence-electron chi connectivity index (χ0n) is 8.30. The minimum atomic E-state index is -0.0755. The van der Waals surface area contributed by atoms with Crippen molar-refractivity contribution in [3.63, 3.8) is 0 Å². The van der Waals surface area contributed by atoms with Gasteiger partial charge in [-0.15, -0.1) is 0 Å². The summed E-state index contributed by atoms with van der Waals surface area (Å²) in [5.74, 6) is -0.0755. The first kappa shape index (κ1) is 10.8. The second kappa shape index (κ2) is 4.89. The normalized spacial score (nSPS) is 10.1. The Hall–Kier alpha value is -1.69. The highest BCUT2D eigenvalue weighted by molar-refractivity contribution is 9.09. The second-order valence-electron chi connectivity index (χ2n) is 3.07. The topological polar surface area (TPSA) is 59.8 Å². The Morgan fingerprint density at radius 3 is 2.69 bits per heavy atom. The third kappa shape index (κ3) is 2.46. The summed E-state index contributed by atoms with van der Waals surface area (Å²) in [5.41, 5.74) is 1.66. The van der Waals surface area contributed by atoms with Crippen LogP contribution in [-0.2, 0) is 4.79 Å². The molecule has 0 radical (unpaired) electrons. The van der Waals surface area contributed by atoms with Gasteiger partial charge in [0.25, 0.3) is 0 Å². The summed E-state index contributed by atoms with van der Waals surface area (Å²) in [7, 11) is 0. The molecule has 0 aliphatic carbocycles. The molecule has 0 bridgehead atoms. The smallest absolute Gasteiger partial charge is 0.235 e. The fourth-order valence-electron chi connectivity index (χ4n) is 1.23. The fourth-order valence-corrected chi connectivity index (χ4v) is 1.37. The van der Waals surface area contributed by atoms with Crippen LogP contribution in [0.2, 0.25) is 0 Å². The van der Waals surface area contributed by atoms with Crippen LogP contribution in [0.1, 0.15) is 0 Å². The summed E-state index contributed by atoms with van der Waals surface area (Å²) in [4.78, 5) is 15.0. The third-order valence-corrected chi connectivity index (χ3v) is 2.47. The van der Waals surface area contributed by atoms with Gasteiger partial charge in [-0.3, -0.25) is 4.79 Å². The number of carbonyl (C=O) groups excluding carboxylic acids is 1. The largest absolute Gasteiger partial charge is 0.325 e. The highest BCUT2D eigenvalue weighted by Gasteiger charge is 2.00. The Morgan fingerprint density at radius 1 is 1.38 bits per heavy atom. The molecule has 0 atom stereocenters. The first-order chi connectivity index (χ1) is 7.79. The molecular weight excluding hydrogens is 272 g/mol. The molecule has 0 unspecified atom stereocenters. The van der Waals surface area contributed by atoms with E-state index in [2.05, 4.69) is 31.3 Å². The van der Waals surface area contributed by atoms with Crippen molar-refractivity contribution in [1.29, 1.82) is 0 Å². The molecule has 0 saturated carbocycles. The highest BCUT2D eigenvalue weighted by Crippen LogP contribution is 2.12. The van der Waals surface area contributed by atoms with Crippen molar-refractivity contribution in [2.24, 2.45) is 0 Å². The Labute approximate surface area is 101 Å². The van der Waals surface area contributed by atoms with E-state index in [1.165, 1.54) is 6.33 Å². The van der Waals surface area contributed by atoms with Crippen molar-refractivity contribution < 1.29 is 4.79 Å². The first-order valence-electron chi connectivity index (χ1n) is 4.60. The molecule has 0 spiro atoms. The van der Waals surface area contributed by atoms with E-state index in [1.54, 1.807) is 11.0 Å². The lowest BCUT2D eigenvalue weighted by atomic mass is 10.3. The average molecular weight is 281 g/mol. The van der Waals surface area contributed by atoms with E-state index in [-0.39, 0.29) is 11.2 Å². The van der Waals surface area contributed by atoms with Crippen LogP contribution in [-0.4, -0.2) is 26.0 Å². The molecule has 0 fully saturated rings. The van der Waals surface area contributed by atoms with E-state index in [0.717, 1.165) is 11.4 Å². The molecular formula is C10H9BrN4O. The number of anilines is 1. The van der Waals surface area contributed by atoms with E-state index in [9.17, 15) is 4.79 Å². The Balaban J connectivity index is 2.14. The molecule has 1 N–H and O–H groups in total. The molecule has 5 nitrogen and oxygen atoms in total. The summed E-state index contributed by atoms with van der Waals surface area (Å²) in [5, 5.41) is 7.03. The molecule has 82 valence electrons. The van der Waals surface area contributed by atoms with Crippen molar-refractivity contribution in [2.45, 2.75) is 0 Å². The van der Waals surface area contributed by atoms with Gasteiger partial charge >= 0.3 is 0 Å². The number of benzene rings is 1. The van der Waals surface area contributed by atoms with E-state index >= 15 is 0 Å². The number of hydrogen-bond acceptors (Lipinski definition) is 3. The zero-order chi connectivity index (χ0) is 11.4. The lowest BCUT2D eigenvalue weighted by Gasteiger charge is -2.04. The van der Waals surface area contributed by atoms with Crippen LogP contribution in [0.4, 0.5) is 5.69 Å². The van der Waals surface area contributed by atoms with Crippen LogP contribution in [0.15, 0.2) is 36.9 Å². The Kier molecular flexibility index (Phi) is 3.31. The van der Waals surface area contributed by atoms with Gasteiger partial charge in [-0.2, -0.15) is 5.10 Å². The molecule has 1 aromatic heterocycles. The predicted octanol–water partition coefficient (Wildman–Crippen LogP) is 1.60. The van der Waals surface area contributed by atoms with Crippen LogP contribution < -0.4 is 5.32 Å². The van der Waals surface area contributed by atoms with Gasteiger partial charge in [0.1, 0.15) is 12.7 Å². The highest BCUT2D eigenvalue weighted by atomic mass is 79.9. The van der Waals surface area contributed by atoms with Crippen LogP contribution in [0.3, 0.4) is 0 Å². The molecule has 2 rings (SSSR count). The summed E-state index contributed by atoms with van der Waals surface area (Å²) >= 11 is 3.08. The predicted molar refractivity (Wildman–Crippen MR) is 63.8 cm³/mol. The standard InChI is InChI=1S/C10H9BrN4O/c11-5-10(16)14-8-1-3-9(4-2-8)15-7-12-6-13-15/h1-4,6-7H,5H2,(H,14,16). The number of amides is 1. The maximum absolute atomic E-state index is 11.1. The number of aromatic nitrogens is 3. The number of rotatable bonds is 3. The maximum Gasteiger partial charge on any atom is 0.235 e. The SMILES string of the molecule is O=C(CBr)Nc1ccc(-n2cncn2)cc1. The quantitative estimate of drug-likeness (QED) is 0.869. The monoisotopic (exact) mass is 280 g/mol. The number of hydrogen-bond donors (Lipinski definition) is 1. The molecule has 16 heavy (non-hydrogen) atoms. The van der Waals surface area contributed by atoms with Crippen molar-refractivity contribution >= 4 is 27.5 Å². The van der Waals surface area contributed by atoms with Crippen LogP contribution in [0.5, 0.6) is 0 Å². The van der Waals surface area contributed by atoms with Gasteiger partial charge < -0.3 is 5.32 Å². The van der Waals surface area contributed by atoms with Gasteiger partial charge in [-0.25, -0.2) is 9.67 Å². The molecule has 1 amide bonds. The van der Waals surface area contributed by atoms with Crippen LogP contribution >= 0.6 is 15.9 Å². The molecule has 2 aromatic rings. The van der Waals surface area contributed by atoms with Crippen molar-refractivity contribution in [1.82, 2.24) is 14.8 Å². The molecule has 0 aliphatic rings. The minimum Gasteiger partial charge on any atom is -0.325 e. The van der Waals surface area contributed by atoms with Crippen molar-refractivity contribution in [3.05, 3.63) is 36.9 Å². The maximum atomic E-state index is 11.1. The second-order valence-corrected chi connectivity index (χ2v) is 3.63. The van der Waals surface area contributed by atoms with E-state index in [0.29, 0.717) is 0 Å². The molecule has 0 saturated heterocycles. The number of nitrogens with zero attached hydrogens (tertiary/aromatic N) is 3. The molecule has 1 aromatic carbocycles. The summed E-state index contributed by atoms with van der Waals surface area (Å²) in [6.07, 6.45) is 3.09. The van der Waals surface area contributed by atoms with Gasteiger partial charge in [0, 0.05) is 5.69 Å². The average Bonchev–Trinajstić information content (AvgIpc) is 2.83. The van der Waals surface area contributed by atoms with Crippen molar-refractivity contribution in [3.8, 4) is 5.69 Å². The van der Waals surface area contributed by atoms with Gasteiger partial charge in [-0.05, 0) is 24.3 Å². The van der Waals surface area contributed by atoms with Crippen LogP contribution in [0.25, 0.3) is 5.69 Å². The van der Waals surface area contributed by atoms with Gasteiger partial charge in [0.05, 0.1) is 11.0 Å².